The molecule has 1 aliphatic rings. The fourth-order valence-corrected chi connectivity index (χ4v) is 3.46. The number of carbonyl (C=O) groups is 1. The second-order valence-corrected chi connectivity index (χ2v) is 6.89. The van der Waals surface area contributed by atoms with Gasteiger partial charge in [-0.1, -0.05) is 0 Å². The van der Waals surface area contributed by atoms with Crippen LogP contribution in [-0.2, 0) is 14.8 Å². The van der Waals surface area contributed by atoms with E-state index in [9.17, 15) is 23.3 Å². The first-order valence-electron chi connectivity index (χ1n) is 5.92. The SMILES string of the molecule is NS(=O)(=O)c1cc([N+](=O)[O-])cc(C(=O)OC2CCC2)c1Br. The summed E-state index contributed by atoms with van der Waals surface area (Å²) < 4.78 is 27.9. The Labute approximate surface area is 128 Å². The van der Waals surface area contributed by atoms with Crippen LogP contribution in [-0.4, -0.2) is 25.4 Å². The van der Waals surface area contributed by atoms with E-state index in [1.807, 2.05) is 0 Å². The zero-order chi connectivity index (χ0) is 15.8. The molecular weight excluding hydrogens is 368 g/mol. The van der Waals surface area contributed by atoms with E-state index in [1.54, 1.807) is 0 Å². The highest BCUT2D eigenvalue weighted by Gasteiger charge is 2.28. The molecule has 0 spiro atoms. The topological polar surface area (TPSA) is 130 Å². The maximum atomic E-state index is 12.0. The molecule has 1 aromatic rings. The van der Waals surface area contributed by atoms with E-state index in [1.165, 1.54) is 0 Å². The molecule has 2 N–H and O–H groups in total. The molecule has 0 amide bonds. The quantitative estimate of drug-likeness (QED) is 0.482. The van der Waals surface area contributed by atoms with Crippen molar-refractivity contribution >= 4 is 37.6 Å². The van der Waals surface area contributed by atoms with Crippen LogP contribution in [0.2, 0.25) is 0 Å². The number of esters is 1. The smallest absolute Gasteiger partial charge is 0.339 e. The second-order valence-electron chi connectivity index (χ2n) is 4.57. The summed E-state index contributed by atoms with van der Waals surface area (Å²) in [6, 6.07) is 1.75. The van der Waals surface area contributed by atoms with Crippen LogP contribution in [0.4, 0.5) is 5.69 Å². The molecule has 1 aromatic carbocycles. The largest absolute Gasteiger partial charge is 0.459 e. The Bertz CT molecular complexity index is 714. The zero-order valence-corrected chi connectivity index (χ0v) is 13.0. The number of benzene rings is 1. The van der Waals surface area contributed by atoms with Crippen LogP contribution in [0.5, 0.6) is 0 Å². The number of nitro benzene ring substituents is 1. The molecule has 1 aliphatic carbocycles. The molecule has 0 radical (unpaired) electrons. The molecule has 0 heterocycles. The third-order valence-corrected chi connectivity index (χ3v) is 5.14. The molecule has 10 heteroatoms. The van der Waals surface area contributed by atoms with Crippen LogP contribution in [0.25, 0.3) is 0 Å². The van der Waals surface area contributed by atoms with Crippen molar-refractivity contribution in [3.05, 3.63) is 32.3 Å². The van der Waals surface area contributed by atoms with Gasteiger partial charge in [-0.25, -0.2) is 18.4 Å². The Hall–Kier alpha value is -1.52. The van der Waals surface area contributed by atoms with Gasteiger partial charge in [0.15, 0.2) is 0 Å². The predicted octanol–water partition coefficient (Wildman–Crippen LogP) is 1.71. The van der Waals surface area contributed by atoms with E-state index in [0.29, 0.717) is 0 Å². The number of primary sulfonamides is 1. The van der Waals surface area contributed by atoms with Crippen molar-refractivity contribution in [2.45, 2.75) is 30.3 Å². The molecule has 0 aromatic heterocycles. The van der Waals surface area contributed by atoms with Gasteiger partial charge in [-0.15, -0.1) is 0 Å². The molecule has 2 rings (SSSR count). The highest BCUT2D eigenvalue weighted by atomic mass is 79.9. The first-order chi connectivity index (χ1) is 9.70. The molecule has 0 atom stereocenters. The van der Waals surface area contributed by atoms with Gasteiger partial charge in [-0.3, -0.25) is 10.1 Å². The maximum Gasteiger partial charge on any atom is 0.339 e. The number of non-ortho nitro benzene ring substituents is 1. The minimum absolute atomic E-state index is 0.139. The van der Waals surface area contributed by atoms with E-state index >= 15 is 0 Å². The van der Waals surface area contributed by atoms with Crippen molar-refractivity contribution in [3.8, 4) is 0 Å². The van der Waals surface area contributed by atoms with Crippen LogP contribution >= 0.6 is 15.9 Å². The number of nitrogens with two attached hydrogens (primary N) is 1. The highest BCUT2D eigenvalue weighted by Crippen LogP contribution is 2.32. The van der Waals surface area contributed by atoms with Crippen molar-refractivity contribution in [2.24, 2.45) is 5.14 Å². The first kappa shape index (κ1) is 15.9. The third kappa shape index (κ3) is 3.39. The second kappa shape index (κ2) is 5.70. The summed E-state index contributed by atoms with van der Waals surface area (Å²) in [5, 5.41) is 15.9. The molecule has 0 saturated heterocycles. The van der Waals surface area contributed by atoms with Crippen LogP contribution in [0, 0.1) is 10.1 Å². The molecule has 114 valence electrons. The van der Waals surface area contributed by atoms with E-state index in [0.717, 1.165) is 31.4 Å². The Morgan fingerprint density at radius 3 is 2.48 bits per heavy atom. The Balaban J connectivity index is 2.50. The predicted molar refractivity (Wildman–Crippen MR) is 75.2 cm³/mol. The number of halogens is 1. The molecule has 8 nitrogen and oxygen atoms in total. The lowest BCUT2D eigenvalue weighted by molar-refractivity contribution is -0.385. The monoisotopic (exact) mass is 378 g/mol. The molecule has 21 heavy (non-hydrogen) atoms. The van der Waals surface area contributed by atoms with Crippen molar-refractivity contribution < 1.29 is 22.9 Å². The van der Waals surface area contributed by atoms with Gasteiger partial charge in [0, 0.05) is 12.1 Å². The number of ether oxygens (including phenoxy) is 1. The number of hydrogen-bond acceptors (Lipinski definition) is 6. The van der Waals surface area contributed by atoms with E-state index in [-0.39, 0.29) is 16.1 Å². The van der Waals surface area contributed by atoms with Crippen LogP contribution in [0.1, 0.15) is 29.6 Å². The minimum Gasteiger partial charge on any atom is -0.459 e. The van der Waals surface area contributed by atoms with Gasteiger partial charge in [0.25, 0.3) is 5.69 Å². The fraction of sp³-hybridized carbons (Fsp3) is 0.364. The van der Waals surface area contributed by atoms with Crippen molar-refractivity contribution in [1.82, 2.24) is 0 Å². The number of rotatable bonds is 4. The summed E-state index contributed by atoms with van der Waals surface area (Å²) in [7, 11) is -4.22. The number of nitrogens with zero attached hydrogens (tertiary/aromatic N) is 1. The Morgan fingerprint density at radius 2 is 2.05 bits per heavy atom. The lowest BCUT2D eigenvalue weighted by atomic mass is 9.96. The van der Waals surface area contributed by atoms with Crippen LogP contribution < -0.4 is 5.14 Å². The van der Waals surface area contributed by atoms with Crippen LogP contribution in [0.15, 0.2) is 21.5 Å². The summed E-state index contributed by atoms with van der Waals surface area (Å²) in [5.74, 6) is -0.819. The average Bonchev–Trinajstić information content (AvgIpc) is 2.32. The van der Waals surface area contributed by atoms with Gasteiger partial charge in [-0.05, 0) is 35.2 Å². The van der Waals surface area contributed by atoms with Crippen molar-refractivity contribution in [3.63, 3.8) is 0 Å². The summed E-state index contributed by atoms with van der Waals surface area (Å²) in [5.41, 5.74) is -0.789. The maximum absolute atomic E-state index is 12.0. The number of nitro groups is 1. The average molecular weight is 379 g/mol. The third-order valence-electron chi connectivity index (χ3n) is 3.09. The Kier molecular flexibility index (Phi) is 4.30. The standard InChI is InChI=1S/C11H11BrN2O6S/c12-10-8(11(15)20-7-2-1-3-7)4-6(14(16)17)5-9(10)21(13,18)19/h4-5,7H,1-3H2,(H2,13,18,19). The fourth-order valence-electron chi connectivity index (χ4n) is 1.75. The molecule has 0 unspecified atom stereocenters. The molecule has 1 saturated carbocycles. The van der Waals surface area contributed by atoms with Gasteiger partial charge in [-0.2, -0.15) is 0 Å². The molecular formula is C11H11BrN2O6S. The van der Waals surface area contributed by atoms with Gasteiger partial charge >= 0.3 is 5.97 Å². The summed E-state index contributed by atoms with van der Waals surface area (Å²) in [6.45, 7) is 0. The van der Waals surface area contributed by atoms with Gasteiger partial charge in [0.1, 0.15) is 11.0 Å². The van der Waals surface area contributed by atoms with Gasteiger partial charge in [0.2, 0.25) is 10.0 Å². The number of hydrogen-bond donors (Lipinski definition) is 1. The number of carbonyl (C=O) groups excluding carboxylic acids is 1. The van der Waals surface area contributed by atoms with E-state index in [4.69, 9.17) is 9.88 Å². The van der Waals surface area contributed by atoms with Gasteiger partial charge < -0.3 is 4.74 Å². The molecule has 0 bridgehead atoms. The highest BCUT2D eigenvalue weighted by molar-refractivity contribution is 9.10. The Morgan fingerprint density at radius 1 is 1.43 bits per heavy atom. The number of sulfonamides is 1. The normalized spacial score (nSPS) is 15.3. The van der Waals surface area contributed by atoms with E-state index < -0.39 is 31.5 Å². The summed E-state index contributed by atoms with van der Waals surface area (Å²) in [6.07, 6.45) is 2.15. The van der Waals surface area contributed by atoms with Crippen molar-refractivity contribution in [2.75, 3.05) is 0 Å². The summed E-state index contributed by atoms with van der Waals surface area (Å²) >= 11 is 2.95. The molecule has 0 aliphatic heterocycles. The zero-order valence-electron chi connectivity index (χ0n) is 10.6. The van der Waals surface area contributed by atoms with E-state index in [2.05, 4.69) is 15.9 Å². The minimum atomic E-state index is -4.22. The first-order valence-corrected chi connectivity index (χ1v) is 8.26. The molecule has 1 fully saturated rings. The van der Waals surface area contributed by atoms with Gasteiger partial charge in [0.05, 0.1) is 15.0 Å². The lowest BCUT2D eigenvalue weighted by Crippen LogP contribution is -2.25. The van der Waals surface area contributed by atoms with Crippen molar-refractivity contribution in [1.29, 1.82) is 0 Å². The summed E-state index contributed by atoms with van der Waals surface area (Å²) in [4.78, 5) is 21.5. The van der Waals surface area contributed by atoms with Crippen LogP contribution in [0.3, 0.4) is 0 Å². The lowest BCUT2D eigenvalue weighted by Gasteiger charge is -2.25.